The van der Waals surface area contributed by atoms with E-state index >= 15 is 0 Å². The number of quaternary nitrogens is 1. The fourth-order valence-corrected chi connectivity index (χ4v) is 11.2. The molecule has 0 radical (unpaired) electrons. The fraction of sp³-hybridized carbons (Fsp3) is 0.882. The Morgan fingerprint density at radius 2 is 0.635 bits per heavy atom. The van der Waals surface area contributed by atoms with Gasteiger partial charge in [-0.15, -0.1) is 0 Å². The van der Waals surface area contributed by atoms with Crippen molar-refractivity contribution in [1.82, 2.24) is 0 Å². The van der Waals surface area contributed by atoms with E-state index in [1.807, 2.05) is 21.1 Å². The summed E-state index contributed by atoms with van der Waals surface area (Å²) in [6.45, 7) is 4.77. The third kappa shape index (κ3) is 68.9. The standard InChI is InChI=1S/C76H143NO8/c1-6-8-10-12-14-16-18-20-22-24-26-27-28-29-30-31-32-33-34-35-36-37-38-39-40-41-42-43-44-45-46-47-49-50-52-54-56-58-60-62-64-66-73(78)83-70-72(71-84-76(75(80)81)82-69-68-77(3,4)5)85-74(79)67-65-63-61-59-57-55-53-51-48-25-23-21-19-17-15-13-11-9-7-2/h15,17,21,23-24,26,72,76H,6-14,16,18-20,22,25,27-71H2,1-5H3/b17-15-,23-21-,26-24-. The molecular formula is C76H143NO8. The first-order chi connectivity index (χ1) is 41.6. The monoisotopic (exact) mass is 1200 g/mol. The minimum Gasteiger partial charge on any atom is -0.545 e. The second-order valence-electron chi connectivity index (χ2n) is 26.6. The van der Waals surface area contributed by atoms with Crippen LogP contribution in [0.5, 0.6) is 0 Å². The fourth-order valence-electron chi connectivity index (χ4n) is 11.2. The number of nitrogens with zero attached hydrogens (tertiary/aromatic N) is 1. The average Bonchev–Trinajstić information content (AvgIpc) is 3.48. The van der Waals surface area contributed by atoms with Crippen LogP contribution in [-0.2, 0) is 33.3 Å². The summed E-state index contributed by atoms with van der Waals surface area (Å²) < 4.78 is 22.8. The van der Waals surface area contributed by atoms with Gasteiger partial charge in [0.25, 0.3) is 0 Å². The number of hydrogen-bond acceptors (Lipinski definition) is 8. The van der Waals surface area contributed by atoms with Crippen molar-refractivity contribution in [2.24, 2.45) is 0 Å². The zero-order valence-electron chi connectivity index (χ0n) is 57.3. The van der Waals surface area contributed by atoms with E-state index in [0.717, 1.165) is 51.4 Å². The van der Waals surface area contributed by atoms with Crippen molar-refractivity contribution < 1.29 is 42.9 Å². The molecule has 0 fully saturated rings. The van der Waals surface area contributed by atoms with Gasteiger partial charge in [0.05, 0.1) is 40.3 Å². The van der Waals surface area contributed by atoms with Gasteiger partial charge in [0.2, 0.25) is 0 Å². The number of ether oxygens (including phenoxy) is 4. The number of carbonyl (C=O) groups excluding carboxylic acids is 3. The largest absolute Gasteiger partial charge is 0.545 e. The van der Waals surface area contributed by atoms with Crippen LogP contribution in [0.2, 0.25) is 0 Å². The first-order valence-corrected chi connectivity index (χ1v) is 37.1. The number of aliphatic carboxylic acids is 1. The number of allylic oxidation sites excluding steroid dienone is 6. The van der Waals surface area contributed by atoms with Gasteiger partial charge in [-0.05, 0) is 70.6 Å². The smallest absolute Gasteiger partial charge is 0.306 e. The number of rotatable bonds is 70. The van der Waals surface area contributed by atoms with Crippen LogP contribution in [0.15, 0.2) is 36.5 Å². The Bertz CT molecular complexity index is 1490. The Labute approximate surface area is 528 Å². The normalized spacial score (nSPS) is 12.8. The van der Waals surface area contributed by atoms with Crippen LogP contribution in [-0.4, -0.2) is 82.3 Å². The van der Waals surface area contributed by atoms with Gasteiger partial charge in [-0.25, -0.2) is 0 Å². The molecule has 9 heteroatoms. The van der Waals surface area contributed by atoms with Crippen LogP contribution < -0.4 is 5.11 Å². The van der Waals surface area contributed by atoms with E-state index in [4.69, 9.17) is 18.9 Å². The van der Waals surface area contributed by atoms with Crippen LogP contribution >= 0.6 is 0 Å². The summed E-state index contributed by atoms with van der Waals surface area (Å²) in [6, 6.07) is 0. The van der Waals surface area contributed by atoms with Gasteiger partial charge >= 0.3 is 11.9 Å². The predicted molar refractivity (Wildman–Crippen MR) is 362 cm³/mol. The van der Waals surface area contributed by atoms with E-state index in [0.29, 0.717) is 23.9 Å². The molecule has 0 spiro atoms. The maximum Gasteiger partial charge on any atom is 0.306 e. The molecular weight excluding hydrogens is 1050 g/mol. The molecule has 0 aliphatic heterocycles. The van der Waals surface area contributed by atoms with Gasteiger partial charge in [0, 0.05) is 12.8 Å². The average molecular weight is 1200 g/mol. The highest BCUT2D eigenvalue weighted by Gasteiger charge is 2.22. The molecule has 0 aromatic carbocycles. The number of likely N-dealkylation sites (N-methyl/N-ethyl adjacent to an activating group) is 1. The summed E-state index contributed by atoms with van der Waals surface area (Å²) in [5.41, 5.74) is 0. The minimum absolute atomic E-state index is 0.149. The third-order valence-electron chi connectivity index (χ3n) is 16.9. The van der Waals surface area contributed by atoms with Crippen LogP contribution in [0.1, 0.15) is 373 Å². The van der Waals surface area contributed by atoms with E-state index in [1.165, 1.54) is 289 Å². The lowest BCUT2D eigenvalue weighted by Crippen LogP contribution is -2.44. The predicted octanol–water partition coefficient (Wildman–Crippen LogP) is 21.8. The number of esters is 2. The molecule has 9 nitrogen and oxygen atoms in total. The van der Waals surface area contributed by atoms with Gasteiger partial charge < -0.3 is 33.3 Å². The Balaban J connectivity index is 3.90. The van der Waals surface area contributed by atoms with Crippen molar-refractivity contribution in [1.29, 1.82) is 0 Å². The van der Waals surface area contributed by atoms with E-state index in [1.54, 1.807) is 0 Å². The lowest BCUT2D eigenvalue weighted by Gasteiger charge is -2.26. The Morgan fingerprint density at radius 1 is 0.353 bits per heavy atom. The first kappa shape index (κ1) is 82.5. The summed E-state index contributed by atoms with van der Waals surface area (Å²) in [4.78, 5) is 37.4. The number of unbranched alkanes of at least 4 members (excludes halogenated alkanes) is 49. The highest BCUT2D eigenvalue weighted by atomic mass is 16.7. The van der Waals surface area contributed by atoms with Crippen molar-refractivity contribution >= 4 is 17.9 Å². The van der Waals surface area contributed by atoms with Crippen LogP contribution in [0.25, 0.3) is 0 Å². The number of hydrogen-bond donors (Lipinski definition) is 0. The highest BCUT2D eigenvalue weighted by molar-refractivity contribution is 5.70. The third-order valence-corrected chi connectivity index (χ3v) is 16.9. The summed E-state index contributed by atoms with van der Waals surface area (Å²) >= 11 is 0. The lowest BCUT2D eigenvalue weighted by molar-refractivity contribution is -0.870. The van der Waals surface area contributed by atoms with E-state index < -0.39 is 24.3 Å². The summed E-state index contributed by atoms with van der Waals surface area (Å²) in [5.74, 6) is -2.26. The number of carboxylic acids is 1. The molecule has 0 aliphatic rings. The summed E-state index contributed by atoms with van der Waals surface area (Å²) in [5, 5.41) is 11.8. The second-order valence-corrected chi connectivity index (χ2v) is 26.6. The summed E-state index contributed by atoms with van der Waals surface area (Å²) in [7, 11) is 5.94. The maximum absolute atomic E-state index is 12.9. The van der Waals surface area contributed by atoms with Crippen molar-refractivity contribution in [2.45, 2.75) is 386 Å². The molecule has 0 saturated heterocycles. The molecule has 0 heterocycles. The second kappa shape index (κ2) is 67.4. The Kier molecular flexibility index (Phi) is 65.5. The van der Waals surface area contributed by atoms with E-state index in [2.05, 4.69) is 50.3 Å². The maximum atomic E-state index is 12.9. The van der Waals surface area contributed by atoms with Crippen molar-refractivity contribution in [3.05, 3.63) is 36.5 Å². The topological polar surface area (TPSA) is 111 Å². The number of carboxylic acid groups (broad SMARTS) is 1. The van der Waals surface area contributed by atoms with Gasteiger partial charge in [0.1, 0.15) is 13.2 Å². The highest BCUT2D eigenvalue weighted by Crippen LogP contribution is 2.19. The van der Waals surface area contributed by atoms with Crippen LogP contribution in [0, 0.1) is 0 Å². The van der Waals surface area contributed by atoms with Gasteiger partial charge in [-0.1, -0.05) is 326 Å². The summed E-state index contributed by atoms with van der Waals surface area (Å²) in [6.07, 6.45) is 82.7. The van der Waals surface area contributed by atoms with Gasteiger partial charge in [-0.3, -0.25) is 9.59 Å². The molecule has 0 aliphatic carbocycles. The molecule has 0 bridgehead atoms. The first-order valence-electron chi connectivity index (χ1n) is 37.1. The minimum atomic E-state index is -1.62. The SMILES string of the molecule is CCCCC/C=C\C/C=C\CCCCCCCCCCCC(=O)OC(COC(=O)CCCCCCCCCCCCCCCCCCCCCCCCCCCCCCC/C=C\CCCCCCCCCC)COC(OCC[N+](C)(C)C)C(=O)[O-]. The van der Waals surface area contributed by atoms with Gasteiger partial charge in [0.15, 0.2) is 12.4 Å². The molecule has 85 heavy (non-hydrogen) atoms. The van der Waals surface area contributed by atoms with E-state index in [9.17, 15) is 19.5 Å². The van der Waals surface area contributed by atoms with E-state index in [-0.39, 0.29) is 32.2 Å². The molecule has 0 amide bonds. The van der Waals surface area contributed by atoms with Crippen LogP contribution in [0.3, 0.4) is 0 Å². The zero-order valence-corrected chi connectivity index (χ0v) is 57.3. The molecule has 0 N–H and O–H groups in total. The molecule has 2 unspecified atom stereocenters. The lowest BCUT2D eigenvalue weighted by atomic mass is 10.0. The molecule has 0 rings (SSSR count). The molecule has 0 aromatic rings. The Hall–Kier alpha value is -2.49. The van der Waals surface area contributed by atoms with Crippen molar-refractivity contribution in [3.63, 3.8) is 0 Å². The van der Waals surface area contributed by atoms with Crippen molar-refractivity contribution in [3.8, 4) is 0 Å². The quantitative estimate of drug-likeness (QED) is 0.0195. The Morgan fingerprint density at radius 3 is 0.965 bits per heavy atom. The van der Waals surface area contributed by atoms with Gasteiger partial charge in [-0.2, -0.15) is 0 Å². The molecule has 0 aromatic heterocycles. The molecule has 0 saturated carbocycles. The molecule has 500 valence electrons. The molecule has 2 atom stereocenters. The van der Waals surface area contributed by atoms with Crippen molar-refractivity contribution in [2.75, 3.05) is 47.5 Å². The zero-order chi connectivity index (χ0) is 61.9. The number of carbonyl (C=O) groups is 3. The van der Waals surface area contributed by atoms with Crippen LogP contribution in [0.4, 0.5) is 0 Å².